The minimum absolute atomic E-state index is 0.110. The van der Waals surface area contributed by atoms with Crippen LogP contribution < -0.4 is 5.32 Å². The molecule has 0 bridgehead atoms. The van der Waals surface area contributed by atoms with Crippen LogP contribution in [-0.2, 0) is 16.0 Å². The van der Waals surface area contributed by atoms with Gasteiger partial charge in [0.05, 0.1) is 6.42 Å². The van der Waals surface area contributed by atoms with Crippen LogP contribution in [0.15, 0.2) is 17.1 Å². The van der Waals surface area contributed by atoms with E-state index in [1.54, 1.807) is 0 Å². The van der Waals surface area contributed by atoms with Crippen LogP contribution in [0.25, 0.3) is 0 Å². The predicted molar refractivity (Wildman–Crippen MR) is 46.5 cm³/mol. The summed E-state index contributed by atoms with van der Waals surface area (Å²) in [7, 11) is 0. The van der Waals surface area contributed by atoms with Crippen LogP contribution in [0.2, 0.25) is 0 Å². The average molecular weight is 192 g/mol. The molecule has 14 heavy (non-hydrogen) atoms. The molecule has 0 aromatic heterocycles. The Morgan fingerprint density at radius 2 is 2.29 bits per heavy atom. The average Bonchev–Trinajstić information content (AvgIpc) is 2.45. The quantitative estimate of drug-likeness (QED) is 0.538. The third-order valence-electron chi connectivity index (χ3n) is 1.96. The molecule has 5 heteroatoms. The molecule has 0 aliphatic carbocycles. The topological polar surface area (TPSA) is 58.5 Å². The van der Waals surface area contributed by atoms with E-state index in [4.69, 9.17) is 0 Å². The van der Waals surface area contributed by atoms with Crippen molar-refractivity contribution in [1.29, 1.82) is 0 Å². The normalized spacial score (nSPS) is 13.1. The van der Waals surface area contributed by atoms with Crippen LogP contribution in [-0.4, -0.2) is 12.0 Å². The van der Waals surface area contributed by atoms with E-state index in [2.05, 4.69) is 10.3 Å². The number of carbonyl (C=O) groups is 1. The molecular formula is C9H5FN2O2. The highest BCUT2D eigenvalue weighted by molar-refractivity contribution is 5.99. The number of amides is 1. The maximum atomic E-state index is 13.1. The van der Waals surface area contributed by atoms with Crippen LogP contribution in [0, 0.1) is 5.82 Å². The van der Waals surface area contributed by atoms with Gasteiger partial charge < -0.3 is 5.32 Å². The van der Waals surface area contributed by atoms with Gasteiger partial charge in [-0.3, -0.25) is 4.79 Å². The van der Waals surface area contributed by atoms with Gasteiger partial charge in [-0.05, 0) is 17.7 Å². The van der Waals surface area contributed by atoms with E-state index < -0.39 is 5.82 Å². The first-order chi connectivity index (χ1) is 6.70. The second kappa shape index (κ2) is 3.05. The molecule has 70 valence electrons. The number of aliphatic imine (C=N–C) groups is 1. The van der Waals surface area contributed by atoms with E-state index in [1.165, 1.54) is 18.2 Å². The van der Waals surface area contributed by atoms with Gasteiger partial charge in [-0.25, -0.2) is 9.18 Å². The third-order valence-corrected chi connectivity index (χ3v) is 1.96. The molecule has 2 rings (SSSR count). The number of carbonyl (C=O) groups excluding carboxylic acids is 2. The van der Waals surface area contributed by atoms with Crippen LogP contribution in [0.5, 0.6) is 0 Å². The second-order valence-corrected chi connectivity index (χ2v) is 2.89. The summed E-state index contributed by atoms with van der Waals surface area (Å²) >= 11 is 0. The molecule has 0 saturated heterocycles. The molecule has 0 fully saturated rings. The van der Waals surface area contributed by atoms with Crippen LogP contribution >= 0.6 is 0 Å². The molecule has 0 atom stereocenters. The van der Waals surface area contributed by atoms with E-state index in [9.17, 15) is 14.0 Å². The number of nitrogens with one attached hydrogen (secondary N) is 1. The summed E-state index contributed by atoms with van der Waals surface area (Å²) in [5, 5.41) is 2.53. The summed E-state index contributed by atoms with van der Waals surface area (Å²) in [5.41, 5.74) is 0.976. The summed E-state index contributed by atoms with van der Waals surface area (Å²) in [4.78, 5) is 24.1. The molecule has 1 amide bonds. The molecular weight excluding hydrogens is 187 g/mol. The Labute approximate surface area is 78.5 Å². The zero-order valence-electron chi connectivity index (χ0n) is 7.00. The van der Waals surface area contributed by atoms with E-state index in [-0.39, 0.29) is 18.0 Å². The zero-order chi connectivity index (χ0) is 10.1. The Hall–Kier alpha value is -2.00. The first-order valence-electron chi connectivity index (χ1n) is 3.91. The Morgan fingerprint density at radius 1 is 1.50 bits per heavy atom. The smallest absolute Gasteiger partial charge is 0.240 e. The maximum absolute atomic E-state index is 13.1. The lowest BCUT2D eigenvalue weighted by Crippen LogP contribution is -2.03. The van der Waals surface area contributed by atoms with Crippen molar-refractivity contribution in [3.8, 4) is 0 Å². The van der Waals surface area contributed by atoms with Crippen molar-refractivity contribution in [2.75, 3.05) is 5.32 Å². The molecule has 0 spiro atoms. The number of nitrogens with zero attached hydrogens (tertiary/aromatic N) is 1. The summed E-state index contributed by atoms with van der Waals surface area (Å²) in [5.74, 6) is -0.810. The Balaban J connectivity index is 2.54. The molecule has 0 saturated carbocycles. The lowest BCUT2D eigenvalue weighted by molar-refractivity contribution is -0.115. The highest BCUT2D eigenvalue weighted by Crippen LogP contribution is 2.30. The van der Waals surface area contributed by atoms with Crippen LogP contribution in [0.3, 0.4) is 0 Å². The van der Waals surface area contributed by atoms with Crippen molar-refractivity contribution in [3.63, 3.8) is 0 Å². The fourth-order valence-electron chi connectivity index (χ4n) is 1.37. The fourth-order valence-corrected chi connectivity index (χ4v) is 1.37. The van der Waals surface area contributed by atoms with Crippen LogP contribution in [0.4, 0.5) is 15.8 Å². The number of benzene rings is 1. The largest absolute Gasteiger partial charge is 0.325 e. The van der Waals surface area contributed by atoms with Gasteiger partial charge in [0, 0.05) is 5.69 Å². The highest BCUT2D eigenvalue weighted by atomic mass is 19.1. The first-order valence-corrected chi connectivity index (χ1v) is 3.91. The van der Waals surface area contributed by atoms with Gasteiger partial charge in [0.1, 0.15) is 11.5 Å². The molecule has 1 heterocycles. The Morgan fingerprint density at radius 3 is 3.00 bits per heavy atom. The molecule has 1 aliphatic rings. The van der Waals surface area contributed by atoms with E-state index >= 15 is 0 Å². The number of hydrogen-bond donors (Lipinski definition) is 1. The minimum Gasteiger partial charge on any atom is -0.325 e. The molecule has 1 aromatic rings. The zero-order valence-corrected chi connectivity index (χ0v) is 7.00. The van der Waals surface area contributed by atoms with Crippen molar-refractivity contribution in [2.45, 2.75) is 6.42 Å². The monoisotopic (exact) mass is 192 g/mol. The van der Waals surface area contributed by atoms with Crippen molar-refractivity contribution in [3.05, 3.63) is 23.5 Å². The lowest BCUT2D eigenvalue weighted by atomic mass is 10.1. The standard InChI is InChI=1S/C9H5FN2O2/c10-6-1-5-2-9(14)12-7(5)3-8(6)11-4-13/h1,3H,2H2,(H,12,14). The number of rotatable bonds is 1. The summed E-state index contributed by atoms with van der Waals surface area (Å²) in [6.07, 6.45) is 1.41. The van der Waals surface area contributed by atoms with Crippen LogP contribution in [0.1, 0.15) is 5.56 Å². The highest BCUT2D eigenvalue weighted by Gasteiger charge is 2.19. The Bertz CT molecular complexity index is 464. The number of halogens is 1. The SMILES string of the molecule is O=C=Nc1cc2c(cc1F)CC(=O)N2. The predicted octanol–water partition coefficient (Wildman–Crippen LogP) is 1.29. The van der Waals surface area contributed by atoms with Crippen molar-refractivity contribution >= 4 is 23.4 Å². The second-order valence-electron chi connectivity index (χ2n) is 2.89. The van der Waals surface area contributed by atoms with E-state index in [1.807, 2.05) is 0 Å². The molecule has 0 unspecified atom stereocenters. The van der Waals surface area contributed by atoms with E-state index in [0.717, 1.165) is 0 Å². The molecule has 4 nitrogen and oxygen atoms in total. The number of hydrogen-bond acceptors (Lipinski definition) is 3. The fraction of sp³-hybridized carbons (Fsp3) is 0.111. The van der Waals surface area contributed by atoms with Crippen molar-refractivity contribution in [1.82, 2.24) is 0 Å². The van der Waals surface area contributed by atoms with Crippen molar-refractivity contribution < 1.29 is 14.0 Å². The maximum Gasteiger partial charge on any atom is 0.240 e. The van der Waals surface area contributed by atoms with Gasteiger partial charge in [-0.15, -0.1) is 0 Å². The van der Waals surface area contributed by atoms with Gasteiger partial charge in [-0.1, -0.05) is 0 Å². The number of anilines is 1. The van der Waals surface area contributed by atoms with Gasteiger partial charge in [0.15, 0.2) is 0 Å². The Kier molecular flexibility index (Phi) is 1.87. The van der Waals surface area contributed by atoms with Crippen molar-refractivity contribution in [2.24, 2.45) is 4.99 Å². The van der Waals surface area contributed by atoms with Gasteiger partial charge in [0.2, 0.25) is 12.0 Å². The van der Waals surface area contributed by atoms with Gasteiger partial charge >= 0.3 is 0 Å². The first kappa shape index (κ1) is 8.59. The number of fused-ring (bicyclic) bond motifs is 1. The summed E-state index contributed by atoms with van der Waals surface area (Å²) < 4.78 is 13.1. The molecule has 1 aliphatic heterocycles. The molecule has 1 aromatic carbocycles. The number of isocyanates is 1. The van der Waals surface area contributed by atoms with Gasteiger partial charge in [0.25, 0.3) is 0 Å². The summed E-state index contributed by atoms with van der Waals surface area (Å²) in [6, 6.07) is 2.52. The van der Waals surface area contributed by atoms with E-state index in [0.29, 0.717) is 11.3 Å². The lowest BCUT2D eigenvalue weighted by Gasteiger charge is -1.99. The van der Waals surface area contributed by atoms with Gasteiger partial charge in [-0.2, -0.15) is 4.99 Å². The molecule has 1 N–H and O–H groups in total. The third kappa shape index (κ3) is 1.30. The minimum atomic E-state index is -0.622. The summed E-state index contributed by atoms with van der Waals surface area (Å²) in [6.45, 7) is 0. The molecule has 0 radical (unpaired) electrons.